The molecular formula is C26H33FN2O6. The minimum Gasteiger partial charge on any atom is -0.503 e. The molecule has 35 heavy (non-hydrogen) atoms. The van der Waals surface area contributed by atoms with E-state index in [2.05, 4.69) is 10.3 Å². The Balaban J connectivity index is 1.77. The highest BCUT2D eigenvalue weighted by molar-refractivity contribution is 5.97. The molecule has 1 aliphatic rings. The monoisotopic (exact) mass is 488 g/mol. The van der Waals surface area contributed by atoms with Gasteiger partial charge in [0.15, 0.2) is 17.2 Å². The molecule has 1 aromatic heterocycles. The van der Waals surface area contributed by atoms with E-state index in [1.807, 2.05) is 6.92 Å². The number of hydrogen-bond donors (Lipinski definition) is 2. The highest BCUT2D eigenvalue weighted by Crippen LogP contribution is 2.29. The summed E-state index contributed by atoms with van der Waals surface area (Å²) in [7, 11) is 1.37. The van der Waals surface area contributed by atoms with E-state index in [0.717, 1.165) is 18.4 Å². The van der Waals surface area contributed by atoms with E-state index in [1.165, 1.54) is 31.5 Å². The van der Waals surface area contributed by atoms with E-state index >= 15 is 0 Å². The molecular weight excluding hydrogens is 455 g/mol. The lowest BCUT2D eigenvalue weighted by Gasteiger charge is -2.31. The van der Waals surface area contributed by atoms with Gasteiger partial charge in [-0.25, -0.2) is 14.2 Å². The summed E-state index contributed by atoms with van der Waals surface area (Å²) in [5.74, 6) is -1.81. The number of aromatic nitrogens is 1. The van der Waals surface area contributed by atoms with Gasteiger partial charge in [-0.1, -0.05) is 25.5 Å². The van der Waals surface area contributed by atoms with Crippen molar-refractivity contribution < 1.29 is 33.3 Å². The third kappa shape index (κ3) is 6.91. The standard InChI is InChI=1S/C26H33FN2O6/c1-4-14-34-24-16(2)35-26(32)20(29-25(31)22-23(30)21(33-3)12-13-28-22)7-5-6-18(24)15-17-8-10-19(27)11-9-17/h8-13,16,18,20,24,30H,4-7,14-15H2,1-3H3,(H,29,31). The predicted molar refractivity (Wildman–Crippen MR) is 127 cm³/mol. The van der Waals surface area contributed by atoms with Crippen molar-refractivity contribution >= 4 is 11.9 Å². The summed E-state index contributed by atoms with van der Waals surface area (Å²) in [6, 6.07) is 6.90. The Morgan fingerprint density at radius 2 is 2.00 bits per heavy atom. The maximum absolute atomic E-state index is 13.4. The molecule has 4 atom stereocenters. The second-order valence-corrected chi connectivity index (χ2v) is 8.74. The lowest BCUT2D eigenvalue weighted by Crippen LogP contribution is -2.44. The molecule has 8 nitrogen and oxygen atoms in total. The summed E-state index contributed by atoms with van der Waals surface area (Å²) in [6.45, 7) is 4.32. The van der Waals surface area contributed by atoms with Crippen molar-refractivity contribution in [3.05, 3.63) is 53.6 Å². The average molecular weight is 489 g/mol. The minimum absolute atomic E-state index is 0.0355. The van der Waals surface area contributed by atoms with Crippen LogP contribution >= 0.6 is 0 Å². The number of halogens is 1. The number of cyclic esters (lactones) is 1. The van der Waals surface area contributed by atoms with Gasteiger partial charge in [-0.2, -0.15) is 0 Å². The zero-order chi connectivity index (χ0) is 25.4. The molecule has 0 saturated carbocycles. The maximum atomic E-state index is 13.4. The van der Waals surface area contributed by atoms with Crippen molar-refractivity contribution in [2.45, 2.75) is 64.2 Å². The van der Waals surface area contributed by atoms with Crippen LogP contribution in [0.25, 0.3) is 0 Å². The van der Waals surface area contributed by atoms with Crippen LogP contribution in [0.3, 0.4) is 0 Å². The Labute approximate surface area is 204 Å². The third-order valence-corrected chi connectivity index (χ3v) is 6.13. The smallest absolute Gasteiger partial charge is 0.329 e. The molecule has 3 rings (SSSR count). The van der Waals surface area contributed by atoms with Crippen LogP contribution in [0.4, 0.5) is 4.39 Å². The number of ether oxygens (including phenoxy) is 3. The van der Waals surface area contributed by atoms with Crippen molar-refractivity contribution in [1.82, 2.24) is 10.3 Å². The molecule has 0 radical (unpaired) electrons. The van der Waals surface area contributed by atoms with E-state index in [1.54, 1.807) is 19.1 Å². The number of carbonyl (C=O) groups is 2. The molecule has 1 amide bonds. The van der Waals surface area contributed by atoms with E-state index < -0.39 is 29.8 Å². The van der Waals surface area contributed by atoms with Gasteiger partial charge in [0.2, 0.25) is 0 Å². The van der Waals surface area contributed by atoms with Gasteiger partial charge >= 0.3 is 5.97 Å². The third-order valence-electron chi connectivity index (χ3n) is 6.13. The number of rotatable bonds is 8. The van der Waals surface area contributed by atoms with Crippen molar-refractivity contribution in [1.29, 1.82) is 0 Å². The zero-order valence-corrected chi connectivity index (χ0v) is 20.3. The number of carbonyl (C=O) groups excluding carboxylic acids is 2. The van der Waals surface area contributed by atoms with Crippen LogP contribution in [0.15, 0.2) is 36.5 Å². The van der Waals surface area contributed by atoms with Gasteiger partial charge in [0, 0.05) is 18.9 Å². The van der Waals surface area contributed by atoms with Crippen molar-refractivity contribution in [2.24, 2.45) is 5.92 Å². The van der Waals surface area contributed by atoms with Crippen molar-refractivity contribution in [3.63, 3.8) is 0 Å². The number of benzene rings is 1. The summed E-state index contributed by atoms with van der Waals surface area (Å²) < 4.78 is 30.3. The molecule has 2 aromatic rings. The van der Waals surface area contributed by atoms with Crippen LogP contribution in [-0.2, 0) is 20.7 Å². The van der Waals surface area contributed by atoms with Crippen LogP contribution < -0.4 is 10.1 Å². The fraction of sp³-hybridized carbons (Fsp3) is 0.500. The number of aromatic hydroxyl groups is 1. The number of amides is 1. The fourth-order valence-electron chi connectivity index (χ4n) is 4.37. The molecule has 1 aliphatic heterocycles. The lowest BCUT2D eigenvalue weighted by molar-refractivity contribution is -0.160. The molecule has 9 heteroatoms. The number of nitrogens with one attached hydrogen (secondary N) is 1. The Morgan fingerprint density at radius 1 is 1.26 bits per heavy atom. The number of pyridine rings is 1. The van der Waals surface area contributed by atoms with Crippen LogP contribution in [0.2, 0.25) is 0 Å². The van der Waals surface area contributed by atoms with Crippen LogP contribution in [0, 0.1) is 11.7 Å². The highest BCUT2D eigenvalue weighted by Gasteiger charge is 2.35. The zero-order valence-electron chi connectivity index (χ0n) is 20.3. The number of methoxy groups -OCH3 is 1. The van der Waals surface area contributed by atoms with Crippen molar-refractivity contribution in [2.75, 3.05) is 13.7 Å². The van der Waals surface area contributed by atoms with Crippen LogP contribution in [0.5, 0.6) is 11.5 Å². The minimum atomic E-state index is -0.909. The summed E-state index contributed by atoms with van der Waals surface area (Å²) in [6.07, 6.45) is 3.60. The first-order valence-electron chi connectivity index (χ1n) is 11.9. The Bertz CT molecular complexity index is 1000. The van der Waals surface area contributed by atoms with Gasteiger partial charge < -0.3 is 24.6 Å². The maximum Gasteiger partial charge on any atom is 0.329 e. The molecule has 0 spiro atoms. The largest absolute Gasteiger partial charge is 0.503 e. The molecule has 2 N–H and O–H groups in total. The summed E-state index contributed by atoms with van der Waals surface area (Å²) in [4.78, 5) is 29.7. The van der Waals surface area contributed by atoms with Crippen LogP contribution in [-0.4, -0.2) is 53.9 Å². The highest BCUT2D eigenvalue weighted by atomic mass is 19.1. The summed E-state index contributed by atoms with van der Waals surface area (Å²) >= 11 is 0. The lowest BCUT2D eigenvalue weighted by atomic mass is 9.87. The Morgan fingerprint density at radius 3 is 2.69 bits per heavy atom. The Hall–Kier alpha value is -3.20. The van der Waals surface area contributed by atoms with Crippen LogP contribution in [0.1, 0.15) is 55.6 Å². The van der Waals surface area contributed by atoms with Gasteiger partial charge in [0.25, 0.3) is 5.91 Å². The molecule has 1 saturated heterocycles. The Kier molecular flexibility index (Phi) is 9.42. The van der Waals surface area contributed by atoms with E-state index in [0.29, 0.717) is 25.9 Å². The first-order valence-corrected chi connectivity index (χ1v) is 11.9. The van der Waals surface area contributed by atoms with Gasteiger partial charge in [0.1, 0.15) is 18.0 Å². The SMILES string of the molecule is CCCOC1C(Cc2ccc(F)cc2)CCCC(NC(=O)c2nccc(OC)c2O)C(=O)OC1C. The second-order valence-electron chi connectivity index (χ2n) is 8.74. The molecule has 190 valence electrons. The normalized spacial score (nSPS) is 22.9. The molecule has 1 fully saturated rings. The summed E-state index contributed by atoms with van der Waals surface area (Å²) in [5, 5.41) is 12.9. The quantitative estimate of drug-likeness (QED) is 0.544. The molecule has 0 aliphatic carbocycles. The van der Waals surface area contributed by atoms with E-state index in [-0.39, 0.29) is 29.3 Å². The van der Waals surface area contributed by atoms with Gasteiger partial charge in [-0.05, 0) is 56.2 Å². The number of nitrogens with zero attached hydrogens (tertiary/aromatic N) is 1. The molecule has 4 unspecified atom stereocenters. The van der Waals surface area contributed by atoms with Crippen molar-refractivity contribution in [3.8, 4) is 11.5 Å². The van der Waals surface area contributed by atoms with Gasteiger partial charge in [0.05, 0.1) is 13.2 Å². The average Bonchev–Trinajstić information content (AvgIpc) is 2.88. The second kappa shape index (κ2) is 12.5. The fourth-order valence-corrected chi connectivity index (χ4v) is 4.37. The molecule has 0 bridgehead atoms. The predicted octanol–water partition coefficient (Wildman–Crippen LogP) is 3.80. The summed E-state index contributed by atoms with van der Waals surface area (Å²) in [5.41, 5.74) is 0.743. The first-order chi connectivity index (χ1) is 16.8. The van der Waals surface area contributed by atoms with E-state index in [9.17, 15) is 19.1 Å². The van der Waals surface area contributed by atoms with Gasteiger partial charge in [-0.15, -0.1) is 0 Å². The number of hydrogen-bond acceptors (Lipinski definition) is 7. The van der Waals surface area contributed by atoms with E-state index in [4.69, 9.17) is 14.2 Å². The first kappa shape index (κ1) is 26.4. The molecule has 1 aromatic carbocycles. The topological polar surface area (TPSA) is 107 Å². The molecule has 2 heterocycles. The number of esters is 1. The van der Waals surface area contributed by atoms with Gasteiger partial charge in [-0.3, -0.25) is 4.79 Å².